The zero-order valence-corrected chi connectivity index (χ0v) is 19.1. The highest BCUT2D eigenvalue weighted by Crippen LogP contribution is 2.36. The van der Waals surface area contributed by atoms with Gasteiger partial charge in [-0.15, -0.1) is 6.58 Å². The van der Waals surface area contributed by atoms with Crippen molar-refractivity contribution in [2.75, 3.05) is 6.61 Å². The van der Waals surface area contributed by atoms with Crippen LogP contribution >= 0.6 is 0 Å². The van der Waals surface area contributed by atoms with Crippen LogP contribution in [0.1, 0.15) is 67.9 Å². The van der Waals surface area contributed by atoms with E-state index in [9.17, 15) is 19.8 Å². The van der Waals surface area contributed by atoms with Crippen molar-refractivity contribution in [3.05, 3.63) is 77.4 Å². The zero-order chi connectivity index (χ0) is 23.7. The number of phenolic OH excluding ortho intramolecular Hbond substituents is 2. The van der Waals surface area contributed by atoms with Gasteiger partial charge in [0.25, 0.3) is 0 Å². The largest absolute Gasteiger partial charge is 0.507 e. The Kier molecular flexibility index (Phi) is 9.26. The zero-order valence-electron chi connectivity index (χ0n) is 19.1. The summed E-state index contributed by atoms with van der Waals surface area (Å²) in [6.07, 6.45) is 5.20. The van der Waals surface area contributed by atoms with Crippen LogP contribution in [-0.4, -0.2) is 28.6 Å². The molecule has 2 N–H and O–H groups in total. The molecule has 0 heterocycles. The van der Waals surface area contributed by atoms with Crippen molar-refractivity contribution in [2.24, 2.45) is 5.92 Å². The number of carbonyl (C=O) groups is 2. The average molecular weight is 437 g/mol. The van der Waals surface area contributed by atoms with Gasteiger partial charge in [0, 0.05) is 17.2 Å². The quantitative estimate of drug-likeness (QED) is 0.194. The van der Waals surface area contributed by atoms with E-state index < -0.39 is 11.8 Å². The van der Waals surface area contributed by atoms with E-state index in [-0.39, 0.29) is 22.6 Å². The standard InChI is InChI=1S/C27H32O5/c1-18(2)9-8-10-19(3)15-16-32-24(29)17-20(4)22-13-14-23(28)25(27(22)31)26(30)21-11-6-5-7-12-21/h5-7,11-14,17,19,28,31H,1,8-10,15-16H2,2-4H3/b20-17+. The predicted octanol–water partition coefficient (Wildman–Crippen LogP) is 6.05. The summed E-state index contributed by atoms with van der Waals surface area (Å²) >= 11 is 0. The smallest absolute Gasteiger partial charge is 0.331 e. The number of allylic oxidation sites excluding steroid dienone is 2. The highest BCUT2D eigenvalue weighted by Gasteiger charge is 2.21. The molecule has 5 nitrogen and oxygen atoms in total. The second-order valence-electron chi connectivity index (χ2n) is 8.29. The molecule has 32 heavy (non-hydrogen) atoms. The minimum atomic E-state index is -0.514. The molecule has 5 heteroatoms. The van der Waals surface area contributed by atoms with Crippen LogP contribution in [0.5, 0.6) is 11.5 Å². The lowest BCUT2D eigenvalue weighted by atomic mass is 9.96. The molecule has 170 valence electrons. The fraction of sp³-hybridized carbons (Fsp3) is 0.333. The topological polar surface area (TPSA) is 83.8 Å². The number of esters is 1. The molecule has 0 fully saturated rings. The molecular weight excluding hydrogens is 404 g/mol. The molecular formula is C27H32O5. The summed E-state index contributed by atoms with van der Waals surface area (Å²) in [5.41, 5.74) is 2.04. The summed E-state index contributed by atoms with van der Waals surface area (Å²) in [5.74, 6) is -1.26. The Morgan fingerprint density at radius 3 is 2.41 bits per heavy atom. The van der Waals surface area contributed by atoms with Gasteiger partial charge in [-0.25, -0.2) is 4.79 Å². The van der Waals surface area contributed by atoms with E-state index >= 15 is 0 Å². The third-order valence-electron chi connectivity index (χ3n) is 5.33. The minimum Gasteiger partial charge on any atom is -0.507 e. The maximum absolute atomic E-state index is 12.8. The number of hydrogen-bond donors (Lipinski definition) is 2. The Balaban J connectivity index is 2.04. The molecule has 0 aromatic heterocycles. The number of ether oxygens (including phenoxy) is 1. The Labute approximate surface area is 190 Å². The fourth-order valence-electron chi connectivity index (χ4n) is 3.41. The maximum atomic E-state index is 12.8. The van der Waals surface area contributed by atoms with Gasteiger partial charge in [-0.3, -0.25) is 4.79 Å². The normalized spacial score (nSPS) is 12.3. The van der Waals surface area contributed by atoms with Crippen molar-refractivity contribution in [1.29, 1.82) is 0 Å². The molecule has 0 aliphatic rings. The number of ketones is 1. The number of phenols is 2. The van der Waals surface area contributed by atoms with Crippen LogP contribution in [-0.2, 0) is 9.53 Å². The Hall–Kier alpha value is -3.34. The first-order valence-electron chi connectivity index (χ1n) is 10.8. The first-order chi connectivity index (χ1) is 15.2. The van der Waals surface area contributed by atoms with Crippen molar-refractivity contribution in [1.82, 2.24) is 0 Å². The van der Waals surface area contributed by atoms with E-state index in [1.807, 2.05) is 6.92 Å². The Bertz CT molecular complexity index is 989. The summed E-state index contributed by atoms with van der Waals surface area (Å²) in [6, 6.07) is 11.2. The SMILES string of the molecule is C=C(C)CCCC(C)CCOC(=O)/C=C(\C)c1ccc(O)c(C(=O)c2ccccc2)c1O. The number of aromatic hydroxyl groups is 2. The highest BCUT2D eigenvalue weighted by molar-refractivity contribution is 6.13. The van der Waals surface area contributed by atoms with E-state index in [1.165, 1.54) is 23.8 Å². The van der Waals surface area contributed by atoms with Crippen LogP contribution in [0.15, 0.2) is 60.7 Å². The summed E-state index contributed by atoms with van der Waals surface area (Å²) < 4.78 is 5.31. The van der Waals surface area contributed by atoms with Crippen LogP contribution in [0.3, 0.4) is 0 Å². The van der Waals surface area contributed by atoms with Gasteiger partial charge in [-0.1, -0.05) is 49.2 Å². The van der Waals surface area contributed by atoms with Crippen LogP contribution in [0.25, 0.3) is 5.57 Å². The second-order valence-corrected chi connectivity index (χ2v) is 8.29. The predicted molar refractivity (Wildman–Crippen MR) is 127 cm³/mol. The lowest BCUT2D eigenvalue weighted by Gasteiger charge is -2.12. The summed E-state index contributed by atoms with van der Waals surface area (Å²) in [6.45, 7) is 10.0. The van der Waals surface area contributed by atoms with E-state index in [0.717, 1.165) is 25.7 Å². The number of benzene rings is 2. The van der Waals surface area contributed by atoms with Gasteiger partial charge in [0.15, 0.2) is 0 Å². The summed E-state index contributed by atoms with van der Waals surface area (Å²) in [4.78, 5) is 25.0. The molecule has 1 atom stereocenters. The second kappa shape index (κ2) is 11.9. The Morgan fingerprint density at radius 1 is 1.06 bits per heavy atom. The van der Waals surface area contributed by atoms with Crippen LogP contribution in [0.4, 0.5) is 0 Å². The Morgan fingerprint density at radius 2 is 1.75 bits per heavy atom. The summed E-state index contributed by atoms with van der Waals surface area (Å²) in [7, 11) is 0. The van der Waals surface area contributed by atoms with Gasteiger partial charge in [0.2, 0.25) is 5.78 Å². The van der Waals surface area contributed by atoms with Crippen molar-refractivity contribution in [2.45, 2.75) is 46.5 Å². The van der Waals surface area contributed by atoms with Gasteiger partial charge < -0.3 is 14.9 Å². The van der Waals surface area contributed by atoms with Crippen LogP contribution < -0.4 is 0 Å². The van der Waals surface area contributed by atoms with Gasteiger partial charge in [-0.05, 0) is 56.7 Å². The molecule has 0 amide bonds. The van der Waals surface area contributed by atoms with Gasteiger partial charge in [-0.2, -0.15) is 0 Å². The summed E-state index contributed by atoms with van der Waals surface area (Å²) in [5, 5.41) is 20.8. The third kappa shape index (κ3) is 7.12. The fourth-order valence-corrected chi connectivity index (χ4v) is 3.41. The molecule has 0 aliphatic carbocycles. The van der Waals surface area contributed by atoms with Gasteiger partial charge >= 0.3 is 5.97 Å². The van der Waals surface area contributed by atoms with Crippen molar-refractivity contribution in [3.63, 3.8) is 0 Å². The maximum Gasteiger partial charge on any atom is 0.331 e. The number of rotatable bonds is 11. The number of hydrogen-bond acceptors (Lipinski definition) is 5. The highest BCUT2D eigenvalue weighted by atomic mass is 16.5. The van der Waals surface area contributed by atoms with Crippen molar-refractivity contribution >= 4 is 17.3 Å². The van der Waals surface area contributed by atoms with Crippen LogP contribution in [0.2, 0.25) is 0 Å². The molecule has 0 saturated carbocycles. The first-order valence-corrected chi connectivity index (χ1v) is 10.8. The minimum absolute atomic E-state index is 0.196. The lowest BCUT2D eigenvalue weighted by molar-refractivity contribution is -0.138. The van der Waals surface area contributed by atoms with Gasteiger partial charge in [0.05, 0.1) is 6.61 Å². The molecule has 2 aromatic carbocycles. The molecule has 0 bridgehead atoms. The van der Waals surface area contributed by atoms with E-state index in [4.69, 9.17) is 4.74 Å². The monoisotopic (exact) mass is 436 g/mol. The third-order valence-corrected chi connectivity index (χ3v) is 5.33. The average Bonchev–Trinajstić information content (AvgIpc) is 2.74. The molecule has 0 radical (unpaired) electrons. The van der Waals surface area contributed by atoms with Gasteiger partial charge in [0.1, 0.15) is 17.1 Å². The first kappa shape index (κ1) is 24.9. The molecule has 0 saturated heterocycles. The van der Waals surface area contributed by atoms with E-state index in [0.29, 0.717) is 23.7 Å². The van der Waals surface area contributed by atoms with Crippen molar-refractivity contribution in [3.8, 4) is 11.5 Å². The van der Waals surface area contributed by atoms with Crippen molar-refractivity contribution < 1.29 is 24.5 Å². The van der Waals surface area contributed by atoms with Crippen LogP contribution in [0, 0.1) is 5.92 Å². The molecule has 2 rings (SSSR count). The lowest BCUT2D eigenvalue weighted by Crippen LogP contribution is -2.07. The molecule has 0 spiro atoms. The van der Waals surface area contributed by atoms with E-state index in [1.54, 1.807) is 37.3 Å². The number of carbonyl (C=O) groups excluding carboxylic acids is 2. The molecule has 1 unspecified atom stereocenters. The van der Waals surface area contributed by atoms with E-state index in [2.05, 4.69) is 13.5 Å². The molecule has 2 aromatic rings. The molecule has 0 aliphatic heterocycles.